The summed E-state index contributed by atoms with van der Waals surface area (Å²) >= 11 is 0. The molecule has 116 valence electrons. The number of nitrogens with one attached hydrogen (secondary N) is 1. The van der Waals surface area contributed by atoms with E-state index in [1.807, 2.05) is 13.8 Å². The van der Waals surface area contributed by atoms with E-state index in [9.17, 15) is 14.9 Å². The molecule has 21 heavy (non-hydrogen) atoms. The molecule has 0 aromatic carbocycles. The van der Waals surface area contributed by atoms with E-state index < -0.39 is 16.4 Å². The molecule has 7 heteroatoms. The van der Waals surface area contributed by atoms with Crippen LogP contribution in [0.5, 0.6) is 0 Å². The Bertz CT molecular complexity index is 562. The van der Waals surface area contributed by atoms with Gasteiger partial charge >= 0.3 is 0 Å². The molecule has 1 heterocycles. The Hall–Kier alpha value is -2.18. The van der Waals surface area contributed by atoms with Crippen molar-refractivity contribution in [3.05, 3.63) is 27.9 Å². The van der Waals surface area contributed by atoms with Gasteiger partial charge in [0.25, 0.3) is 11.6 Å². The molecule has 0 aliphatic heterocycles. The van der Waals surface area contributed by atoms with Crippen molar-refractivity contribution in [1.29, 1.82) is 0 Å². The number of nitrogens with two attached hydrogens (primary N) is 1. The summed E-state index contributed by atoms with van der Waals surface area (Å²) in [5.74, 6) is -0.484. The number of carbonyl (C=O) groups is 1. The summed E-state index contributed by atoms with van der Waals surface area (Å²) < 4.78 is 0. The van der Waals surface area contributed by atoms with Gasteiger partial charge < -0.3 is 11.1 Å². The van der Waals surface area contributed by atoms with E-state index >= 15 is 0 Å². The second kappa shape index (κ2) is 5.67. The Morgan fingerprint density at radius 1 is 1.38 bits per heavy atom. The predicted molar refractivity (Wildman–Crippen MR) is 80.9 cm³/mol. The van der Waals surface area contributed by atoms with Crippen LogP contribution in [0, 0.1) is 15.5 Å². The van der Waals surface area contributed by atoms with E-state index in [-0.39, 0.29) is 22.5 Å². The van der Waals surface area contributed by atoms with Crippen LogP contribution in [0.3, 0.4) is 0 Å². The number of anilines is 1. The predicted octanol–water partition coefficient (Wildman–Crippen LogP) is 2.52. The Morgan fingerprint density at radius 3 is 2.43 bits per heavy atom. The van der Waals surface area contributed by atoms with Crippen molar-refractivity contribution in [3.63, 3.8) is 0 Å². The van der Waals surface area contributed by atoms with Crippen molar-refractivity contribution in [1.82, 2.24) is 10.3 Å². The van der Waals surface area contributed by atoms with Crippen LogP contribution in [-0.2, 0) is 0 Å². The van der Waals surface area contributed by atoms with Crippen LogP contribution >= 0.6 is 0 Å². The summed E-state index contributed by atoms with van der Waals surface area (Å²) in [6, 6.07) is 1.14. The molecule has 0 saturated heterocycles. The number of nitro groups is 1. The largest absolute Gasteiger partial charge is 0.383 e. The SMILES string of the molecule is CC(C)(C)CC(C)(C)NC(=O)c1cc([N+](=O)[O-])cnc1N. The summed E-state index contributed by atoms with van der Waals surface area (Å²) in [7, 11) is 0. The number of pyridine rings is 1. The van der Waals surface area contributed by atoms with Gasteiger partial charge in [0.2, 0.25) is 0 Å². The maximum Gasteiger partial charge on any atom is 0.288 e. The van der Waals surface area contributed by atoms with E-state index in [0.717, 1.165) is 18.7 Å². The van der Waals surface area contributed by atoms with Gasteiger partial charge in [-0.05, 0) is 25.7 Å². The quantitative estimate of drug-likeness (QED) is 0.654. The zero-order valence-corrected chi connectivity index (χ0v) is 13.1. The molecule has 0 spiro atoms. The second-order valence-electron chi connectivity index (χ2n) is 6.96. The second-order valence-corrected chi connectivity index (χ2v) is 6.96. The Balaban J connectivity index is 2.99. The molecule has 0 bridgehead atoms. The minimum absolute atomic E-state index is 0.0196. The fourth-order valence-corrected chi connectivity index (χ4v) is 2.49. The highest BCUT2D eigenvalue weighted by molar-refractivity contribution is 5.99. The fraction of sp³-hybridized carbons (Fsp3) is 0.571. The number of hydrogen-bond acceptors (Lipinski definition) is 5. The van der Waals surface area contributed by atoms with Crippen molar-refractivity contribution in [3.8, 4) is 0 Å². The monoisotopic (exact) mass is 294 g/mol. The molecule has 0 atom stereocenters. The highest BCUT2D eigenvalue weighted by Gasteiger charge is 2.28. The van der Waals surface area contributed by atoms with Gasteiger partial charge in [-0.2, -0.15) is 0 Å². The van der Waals surface area contributed by atoms with E-state index in [0.29, 0.717) is 0 Å². The molecule has 7 nitrogen and oxygen atoms in total. The van der Waals surface area contributed by atoms with E-state index in [2.05, 4.69) is 31.1 Å². The summed E-state index contributed by atoms with van der Waals surface area (Å²) in [5.41, 5.74) is 4.97. The Morgan fingerprint density at radius 2 is 1.95 bits per heavy atom. The number of aromatic nitrogens is 1. The van der Waals surface area contributed by atoms with Crippen LogP contribution in [0.15, 0.2) is 12.3 Å². The van der Waals surface area contributed by atoms with Gasteiger partial charge in [0.05, 0.1) is 10.5 Å². The number of rotatable bonds is 4. The van der Waals surface area contributed by atoms with Gasteiger partial charge in [-0.15, -0.1) is 0 Å². The number of amides is 1. The number of carbonyl (C=O) groups excluding carboxylic acids is 1. The zero-order valence-electron chi connectivity index (χ0n) is 13.1. The molecule has 0 aliphatic carbocycles. The maximum atomic E-state index is 12.3. The standard InChI is InChI=1S/C14H22N4O3/c1-13(2,3)8-14(4,5)17-12(19)10-6-9(18(20)21)7-16-11(10)15/h6-7H,8H2,1-5H3,(H2,15,16)(H,17,19). The third kappa shape index (κ3) is 5.02. The smallest absolute Gasteiger partial charge is 0.288 e. The third-order valence-electron chi connectivity index (χ3n) is 2.78. The van der Waals surface area contributed by atoms with Gasteiger partial charge in [-0.3, -0.25) is 14.9 Å². The first-order valence-corrected chi connectivity index (χ1v) is 6.64. The average molecular weight is 294 g/mol. The van der Waals surface area contributed by atoms with E-state index in [4.69, 9.17) is 5.73 Å². The summed E-state index contributed by atoms with van der Waals surface area (Å²) in [4.78, 5) is 26.1. The van der Waals surface area contributed by atoms with Crippen molar-refractivity contribution in [2.24, 2.45) is 5.41 Å². The summed E-state index contributed by atoms with van der Waals surface area (Å²) in [6.45, 7) is 10.0. The van der Waals surface area contributed by atoms with Gasteiger partial charge in [0.15, 0.2) is 0 Å². The van der Waals surface area contributed by atoms with E-state index in [1.165, 1.54) is 0 Å². The minimum atomic E-state index is -0.608. The third-order valence-corrected chi connectivity index (χ3v) is 2.78. The van der Waals surface area contributed by atoms with Crippen LogP contribution in [0.4, 0.5) is 11.5 Å². The lowest BCUT2D eigenvalue weighted by molar-refractivity contribution is -0.385. The van der Waals surface area contributed by atoms with Crippen molar-refractivity contribution >= 4 is 17.4 Å². The number of nitrogen functional groups attached to an aromatic ring is 1. The van der Waals surface area contributed by atoms with Crippen molar-refractivity contribution in [2.75, 3.05) is 5.73 Å². The zero-order chi connectivity index (χ0) is 16.4. The van der Waals surface area contributed by atoms with Gasteiger partial charge in [-0.1, -0.05) is 20.8 Å². The topological polar surface area (TPSA) is 111 Å². The van der Waals surface area contributed by atoms with Crippen LogP contribution < -0.4 is 11.1 Å². The van der Waals surface area contributed by atoms with Crippen LogP contribution in [0.2, 0.25) is 0 Å². The normalized spacial score (nSPS) is 12.0. The Labute approximate surface area is 124 Å². The maximum absolute atomic E-state index is 12.3. The van der Waals surface area contributed by atoms with Gasteiger partial charge in [0.1, 0.15) is 12.0 Å². The first-order chi connectivity index (χ1) is 9.41. The minimum Gasteiger partial charge on any atom is -0.383 e. The summed E-state index contributed by atoms with van der Waals surface area (Å²) in [6.07, 6.45) is 1.78. The van der Waals surface area contributed by atoms with Crippen molar-refractivity contribution in [2.45, 2.75) is 46.6 Å². The molecule has 1 aromatic heterocycles. The molecule has 0 saturated carbocycles. The van der Waals surface area contributed by atoms with Crippen LogP contribution in [0.1, 0.15) is 51.4 Å². The lowest BCUT2D eigenvalue weighted by Crippen LogP contribution is -2.46. The molecule has 0 unspecified atom stereocenters. The first kappa shape index (κ1) is 16.9. The average Bonchev–Trinajstić information content (AvgIpc) is 2.24. The number of nitrogens with zero attached hydrogens (tertiary/aromatic N) is 2. The molecule has 3 N–H and O–H groups in total. The van der Waals surface area contributed by atoms with E-state index in [1.54, 1.807) is 0 Å². The van der Waals surface area contributed by atoms with Crippen LogP contribution in [-0.4, -0.2) is 21.4 Å². The lowest BCUT2D eigenvalue weighted by Gasteiger charge is -2.33. The van der Waals surface area contributed by atoms with Gasteiger partial charge in [-0.25, -0.2) is 4.98 Å². The molecule has 0 radical (unpaired) electrons. The fourth-order valence-electron chi connectivity index (χ4n) is 2.49. The number of hydrogen-bond donors (Lipinski definition) is 2. The highest BCUT2D eigenvalue weighted by atomic mass is 16.6. The summed E-state index contributed by atoms with van der Waals surface area (Å²) in [5, 5.41) is 13.6. The van der Waals surface area contributed by atoms with Gasteiger partial charge in [0, 0.05) is 11.6 Å². The molecule has 1 rings (SSSR count). The van der Waals surface area contributed by atoms with Crippen LogP contribution in [0.25, 0.3) is 0 Å². The molecule has 1 amide bonds. The highest BCUT2D eigenvalue weighted by Crippen LogP contribution is 2.27. The first-order valence-electron chi connectivity index (χ1n) is 6.64. The van der Waals surface area contributed by atoms with Crippen molar-refractivity contribution < 1.29 is 9.72 Å². The Kier molecular flexibility index (Phi) is 4.56. The molecular weight excluding hydrogens is 272 g/mol. The lowest BCUT2D eigenvalue weighted by atomic mass is 9.81. The molecule has 1 aromatic rings. The molecule has 0 aliphatic rings. The molecule has 0 fully saturated rings. The molecular formula is C14H22N4O3.